The first-order chi connectivity index (χ1) is 7.94. The summed E-state index contributed by atoms with van der Waals surface area (Å²) in [5.41, 5.74) is 2.86. The number of para-hydroxylation sites is 1. The van der Waals surface area contributed by atoms with E-state index in [4.69, 9.17) is 0 Å². The summed E-state index contributed by atoms with van der Waals surface area (Å²) in [6.07, 6.45) is 1.13. The molecular formula is C15H26N2. The van der Waals surface area contributed by atoms with E-state index in [9.17, 15) is 0 Å². The second-order valence-electron chi connectivity index (χ2n) is 5.29. The minimum Gasteiger partial charge on any atom is -0.369 e. The van der Waals surface area contributed by atoms with Gasteiger partial charge in [0.25, 0.3) is 0 Å². The van der Waals surface area contributed by atoms with Crippen LogP contribution < -0.4 is 10.2 Å². The summed E-state index contributed by atoms with van der Waals surface area (Å²) in [6, 6.07) is 9.02. The lowest BCUT2D eigenvalue weighted by Crippen LogP contribution is -2.41. The van der Waals surface area contributed by atoms with Gasteiger partial charge in [0.1, 0.15) is 0 Å². The lowest BCUT2D eigenvalue weighted by atomic mass is 9.96. The molecule has 1 atom stereocenters. The SMILES string of the molecule is CCC(C)(C)N(C)c1ccccc1C(C)NC. The summed E-state index contributed by atoms with van der Waals surface area (Å²) >= 11 is 0. The second kappa shape index (κ2) is 5.54. The minimum atomic E-state index is 0.184. The van der Waals surface area contributed by atoms with Crippen LogP contribution in [0.1, 0.15) is 45.7 Å². The minimum absolute atomic E-state index is 0.184. The van der Waals surface area contributed by atoms with Crippen LogP contribution in [0.4, 0.5) is 5.69 Å². The van der Waals surface area contributed by atoms with Crippen molar-refractivity contribution in [3.05, 3.63) is 29.8 Å². The van der Waals surface area contributed by atoms with Crippen molar-refractivity contribution in [2.24, 2.45) is 0 Å². The average Bonchev–Trinajstić information content (AvgIpc) is 2.36. The molecule has 0 aliphatic heterocycles. The molecule has 0 amide bonds. The zero-order chi connectivity index (χ0) is 13.1. The van der Waals surface area contributed by atoms with Crippen molar-refractivity contribution in [3.63, 3.8) is 0 Å². The first-order valence-electron chi connectivity index (χ1n) is 6.44. The van der Waals surface area contributed by atoms with Gasteiger partial charge in [0.05, 0.1) is 0 Å². The first-order valence-corrected chi connectivity index (χ1v) is 6.44. The van der Waals surface area contributed by atoms with Crippen molar-refractivity contribution in [1.82, 2.24) is 5.32 Å². The molecule has 0 radical (unpaired) electrons. The van der Waals surface area contributed by atoms with Crippen LogP contribution in [0.5, 0.6) is 0 Å². The molecule has 2 heteroatoms. The van der Waals surface area contributed by atoms with Crippen LogP contribution in [0.15, 0.2) is 24.3 Å². The van der Waals surface area contributed by atoms with Crippen molar-refractivity contribution in [3.8, 4) is 0 Å². The molecule has 0 saturated heterocycles. The fourth-order valence-electron chi connectivity index (χ4n) is 1.88. The predicted octanol–water partition coefficient (Wildman–Crippen LogP) is 3.59. The highest BCUT2D eigenvalue weighted by molar-refractivity contribution is 5.56. The van der Waals surface area contributed by atoms with Gasteiger partial charge >= 0.3 is 0 Å². The smallest absolute Gasteiger partial charge is 0.0416 e. The summed E-state index contributed by atoms with van der Waals surface area (Å²) in [4.78, 5) is 2.39. The molecule has 0 aliphatic rings. The van der Waals surface area contributed by atoms with Crippen LogP contribution >= 0.6 is 0 Å². The van der Waals surface area contributed by atoms with E-state index in [-0.39, 0.29) is 5.54 Å². The molecule has 0 aromatic heterocycles. The summed E-state index contributed by atoms with van der Waals surface area (Å²) < 4.78 is 0. The monoisotopic (exact) mass is 234 g/mol. The lowest BCUT2D eigenvalue weighted by molar-refractivity contribution is 0.468. The third-order valence-electron chi connectivity index (χ3n) is 3.97. The average molecular weight is 234 g/mol. The van der Waals surface area contributed by atoms with Crippen LogP contribution in [0.3, 0.4) is 0 Å². The largest absolute Gasteiger partial charge is 0.369 e. The van der Waals surface area contributed by atoms with Crippen LogP contribution in [0.2, 0.25) is 0 Å². The first kappa shape index (κ1) is 14.0. The standard InChI is InChI=1S/C15H26N2/c1-7-15(3,4)17(6)14-11-9-8-10-13(14)12(2)16-5/h8-12,16H,7H2,1-6H3. The number of anilines is 1. The van der Waals surface area contributed by atoms with Gasteiger partial charge < -0.3 is 10.2 Å². The summed E-state index contributed by atoms with van der Waals surface area (Å²) in [6.45, 7) is 9.01. The number of nitrogens with zero attached hydrogens (tertiary/aromatic N) is 1. The van der Waals surface area contributed by atoms with E-state index in [1.807, 2.05) is 7.05 Å². The Morgan fingerprint density at radius 1 is 1.29 bits per heavy atom. The van der Waals surface area contributed by atoms with E-state index in [0.29, 0.717) is 6.04 Å². The second-order valence-corrected chi connectivity index (χ2v) is 5.29. The number of nitrogens with one attached hydrogen (secondary N) is 1. The highest BCUT2D eigenvalue weighted by Gasteiger charge is 2.23. The summed E-state index contributed by atoms with van der Waals surface area (Å²) in [7, 11) is 4.19. The van der Waals surface area contributed by atoms with Gasteiger partial charge in [-0.05, 0) is 45.9 Å². The van der Waals surface area contributed by atoms with Crippen molar-refractivity contribution >= 4 is 5.69 Å². The Bertz CT molecular complexity index is 358. The normalized spacial score (nSPS) is 13.5. The Labute approximate surface area is 106 Å². The number of benzene rings is 1. The zero-order valence-corrected chi connectivity index (χ0v) is 12.0. The highest BCUT2D eigenvalue weighted by Crippen LogP contribution is 2.31. The molecule has 1 N–H and O–H groups in total. The van der Waals surface area contributed by atoms with Crippen LogP contribution in [0.25, 0.3) is 0 Å². The van der Waals surface area contributed by atoms with Crippen LogP contribution in [0, 0.1) is 0 Å². The van der Waals surface area contributed by atoms with E-state index < -0.39 is 0 Å². The number of hydrogen-bond acceptors (Lipinski definition) is 2. The summed E-state index contributed by atoms with van der Waals surface area (Å²) in [5, 5.41) is 3.32. The molecule has 1 rings (SSSR count). The quantitative estimate of drug-likeness (QED) is 0.837. The van der Waals surface area contributed by atoms with Crippen molar-refractivity contribution in [2.45, 2.75) is 45.7 Å². The maximum atomic E-state index is 3.32. The van der Waals surface area contributed by atoms with Gasteiger partial charge in [0.2, 0.25) is 0 Å². The Kier molecular flexibility index (Phi) is 4.58. The molecular weight excluding hydrogens is 208 g/mol. The summed E-state index contributed by atoms with van der Waals surface area (Å²) in [5.74, 6) is 0. The van der Waals surface area contributed by atoms with E-state index >= 15 is 0 Å². The maximum Gasteiger partial charge on any atom is 0.0416 e. The molecule has 1 aromatic rings. The Morgan fingerprint density at radius 2 is 1.88 bits per heavy atom. The molecule has 96 valence electrons. The van der Waals surface area contributed by atoms with Gasteiger partial charge in [-0.1, -0.05) is 25.1 Å². The van der Waals surface area contributed by atoms with Crippen molar-refractivity contribution < 1.29 is 0 Å². The molecule has 0 fully saturated rings. The van der Waals surface area contributed by atoms with Crippen LogP contribution in [-0.2, 0) is 0 Å². The topological polar surface area (TPSA) is 15.3 Å². The van der Waals surface area contributed by atoms with Gasteiger partial charge in [-0.15, -0.1) is 0 Å². The molecule has 0 heterocycles. The fraction of sp³-hybridized carbons (Fsp3) is 0.600. The molecule has 0 saturated carbocycles. The maximum absolute atomic E-state index is 3.32. The third-order valence-corrected chi connectivity index (χ3v) is 3.97. The van der Waals surface area contributed by atoms with Crippen molar-refractivity contribution in [2.75, 3.05) is 19.0 Å². The number of hydrogen-bond donors (Lipinski definition) is 1. The molecule has 1 unspecified atom stereocenters. The van der Waals surface area contributed by atoms with Crippen molar-refractivity contribution in [1.29, 1.82) is 0 Å². The van der Waals surface area contributed by atoms with E-state index in [1.165, 1.54) is 11.3 Å². The molecule has 17 heavy (non-hydrogen) atoms. The van der Waals surface area contributed by atoms with Gasteiger partial charge in [0.15, 0.2) is 0 Å². The zero-order valence-electron chi connectivity index (χ0n) is 12.0. The molecule has 0 bridgehead atoms. The Hall–Kier alpha value is -1.02. The number of rotatable bonds is 5. The highest BCUT2D eigenvalue weighted by atomic mass is 15.2. The van der Waals surface area contributed by atoms with E-state index in [0.717, 1.165) is 6.42 Å². The van der Waals surface area contributed by atoms with Gasteiger partial charge in [0, 0.05) is 24.3 Å². The van der Waals surface area contributed by atoms with Gasteiger partial charge in [-0.2, -0.15) is 0 Å². The Morgan fingerprint density at radius 3 is 2.41 bits per heavy atom. The predicted molar refractivity (Wildman–Crippen MR) is 76.7 cm³/mol. The molecule has 0 aliphatic carbocycles. The fourth-order valence-corrected chi connectivity index (χ4v) is 1.88. The molecule has 2 nitrogen and oxygen atoms in total. The lowest BCUT2D eigenvalue weighted by Gasteiger charge is -2.38. The Balaban J connectivity index is 3.13. The third kappa shape index (κ3) is 3.01. The molecule has 1 aromatic carbocycles. The van der Waals surface area contributed by atoms with Crippen LogP contribution in [-0.4, -0.2) is 19.6 Å². The van der Waals surface area contributed by atoms with E-state index in [1.54, 1.807) is 0 Å². The van der Waals surface area contributed by atoms with E-state index in [2.05, 4.69) is 69.2 Å². The van der Waals surface area contributed by atoms with Gasteiger partial charge in [-0.3, -0.25) is 0 Å². The van der Waals surface area contributed by atoms with Gasteiger partial charge in [-0.25, -0.2) is 0 Å². The molecule has 0 spiro atoms.